The SMILES string of the molecule is C=CC(=O)N1CCC(OCc2ccc(C(F)(F)F)cc2)C1.NN/C=C(\N)c1ccc(N)nc1. The molecule has 1 amide bonds. The highest BCUT2D eigenvalue weighted by Crippen LogP contribution is 2.29. The maximum atomic E-state index is 12.4. The molecule has 2 heterocycles. The average molecular weight is 464 g/mol. The van der Waals surface area contributed by atoms with Gasteiger partial charge in [-0.25, -0.2) is 4.98 Å². The van der Waals surface area contributed by atoms with E-state index < -0.39 is 11.7 Å². The van der Waals surface area contributed by atoms with Crippen LogP contribution in [0.5, 0.6) is 0 Å². The van der Waals surface area contributed by atoms with Crippen molar-refractivity contribution in [1.29, 1.82) is 0 Å². The number of benzene rings is 1. The number of hydrogen-bond donors (Lipinski definition) is 4. The third-order valence-electron chi connectivity index (χ3n) is 4.76. The highest BCUT2D eigenvalue weighted by atomic mass is 19.4. The summed E-state index contributed by atoms with van der Waals surface area (Å²) in [6.45, 7) is 4.77. The van der Waals surface area contributed by atoms with E-state index in [2.05, 4.69) is 17.0 Å². The molecule has 8 nitrogen and oxygen atoms in total. The number of hydrazine groups is 1. The molecule has 1 aromatic carbocycles. The highest BCUT2D eigenvalue weighted by Gasteiger charge is 2.30. The van der Waals surface area contributed by atoms with Crippen molar-refractivity contribution in [3.63, 3.8) is 0 Å². The largest absolute Gasteiger partial charge is 0.416 e. The lowest BCUT2D eigenvalue weighted by Gasteiger charge is -2.15. The summed E-state index contributed by atoms with van der Waals surface area (Å²) in [7, 11) is 0. The van der Waals surface area contributed by atoms with Gasteiger partial charge in [0, 0.05) is 31.0 Å². The Morgan fingerprint density at radius 3 is 2.52 bits per heavy atom. The molecule has 0 aliphatic carbocycles. The lowest BCUT2D eigenvalue weighted by molar-refractivity contribution is -0.137. The molecule has 1 aliphatic rings. The summed E-state index contributed by atoms with van der Waals surface area (Å²) in [6.07, 6.45) is 0.636. The summed E-state index contributed by atoms with van der Waals surface area (Å²) >= 11 is 0. The van der Waals surface area contributed by atoms with Gasteiger partial charge in [-0.05, 0) is 42.3 Å². The summed E-state index contributed by atoms with van der Waals surface area (Å²) < 4.78 is 42.9. The van der Waals surface area contributed by atoms with Gasteiger partial charge in [-0.3, -0.25) is 10.6 Å². The molecule has 3 rings (SSSR count). The number of ether oxygens (including phenoxy) is 1. The topological polar surface area (TPSA) is 133 Å². The third-order valence-corrected chi connectivity index (χ3v) is 4.76. The molecule has 11 heteroatoms. The van der Waals surface area contributed by atoms with Crippen LogP contribution in [0.25, 0.3) is 5.70 Å². The van der Waals surface area contributed by atoms with Crippen LogP contribution in [-0.2, 0) is 22.3 Å². The van der Waals surface area contributed by atoms with Crippen LogP contribution in [-0.4, -0.2) is 35.0 Å². The summed E-state index contributed by atoms with van der Waals surface area (Å²) in [5, 5.41) is 0. The first-order valence-electron chi connectivity index (χ1n) is 9.96. The molecule has 33 heavy (non-hydrogen) atoms. The molecule has 0 spiro atoms. The van der Waals surface area contributed by atoms with Crippen molar-refractivity contribution < 1.29 is 22.7 Å². The zero-order chi connectivity index (χ0) is 24.4. The summed E-state index contributed by atoms with van der Waals surface area (Å²) in [4.78, 5) is 16.9. The van der Waals surface area contributed by atoms with Crippen LogP contribution in [0.4, 0.5) is 19.0 Å². The van der Waals surface area contributed by atoms with Crippen LogP contribution in [0.2, 0.25) is 0 Å². The van der Waals surface area contributed by atoms with Gasteiger partial charge < -0.3 is 26.5 Å². The van der Waals surface area contributed by atoms with Crippen LogP contribution in [0.1, 0.15) is 23.1 Å². The monoisotopic (exact) mass is 464 g/mol. The second-order valence-electron chi connectivity index (χ2n) is 7.14. The van der Waals surface area contributed by atoms with Crippen molar-refractivity contribution >= 4 is 17.4 Å². The van der Waals surface area contributed by atoms with E-state index in [0.717, 1.165) is 24.1 Å². The van der Waals surface area contributed by atoms with Gasteiger partial charge in [0.2, 0.25) is 5.91 Å². The highest BCUT2D eigenvalue weighted by molar-refractivity contribution is 5.87. The van der Waals surface area contributed by atoms with Gasteiger partial charge in [0.15, 0.2) is 0 Å². The Bertz CT molecular complexity index is 946. The van der Waals surface area contributed by atoms with E-state index in [0.29, 0.717) is 30.2 Å². The lowest BCUT2D eigenvalue weighted by Crippen LogP contribution is -2.28. The van der Waals surface area contributed by atoms with E-state index in [1.807, 2.05) is 0 Å². The molecular formula is C22H27F3N6O2. The fraction of sp³-hybridized carbons (Fsp3) is 0.273. The van der Waals surface area contributed by atoms with E-state index in [4.69, 9.17) is 22.0 Å². The number of aromatic nitrogens is 1. The van der Waals surface area contributed by atoms with Gasteiger partial charge in [0.1, 0.15) is 5.82 Å². The minimum atomic E-state index is -4.32. The number of anilines is 1. The van der Waals surface area contributed by atoms with Gasteiger partial charge in [0.25, 0.3) is 0 Å². The minimum absolute atomic E-state index is 0.0869. The fourth-order valence-electron chi connectivity index (χ4n) is 2.95. The molecule has 1 aromatic heterocycles. The van der Waals surface area contributed by atoms with E-state index in [1.165, 1.54) is 24.4 Å². The number of nitrogens with one attached hydrogen (secondary N) is 1. The Balaban J connectivity index is 0.000000273. The van der Waals surface area contributed by atoms with Crippen molar-refractivity contribution in [1.82, 2.24) is 15.3 Å². The van der Waals surface area contributed by atoms with E-state index in [-0.39, 0.29) is 18.6 Å². The maximum Gasteiger partial charge on any atom is 0.416 e. The number of nitrogen functional groups attached to an aromatic ring is 1. The Hall–Kier alpha value is -3.57. The zero-order valence-corrected chi connectivity index (χ0v) is 17.9. The lowest BCUT2D eigenvalue weighted by atomic mass is 10.1. The number of halogens is 3. The molecule has 1 unspecified atom stereocenters. The average Bonchev–Trinajstić information content (AvgIpc) is 3.27. The van der Waals surface area contributed by atoms with Crippen LogP contribution in [0, 0.1) is 0 Å². The van der Waals surface area contributed by atoms with Crippen LogP contribution in [0.15, 0.2) is 61.4 Å². The first-order chi connectivity index (χ1) is 15.6. The molecule has 7 N–H and O–H groups in total. The van der Waals surface area contributed by atoms with Crippen molar-refractivity contribution in [2.75, 3.05) is 18.8 Å². The fourth-order valence-corrected chi connectivity index (χ4v) is 2.95. The van der Waals surface area contributed by atoms with Gasteiger partial charge in [-0.1, -0.05) is 18.7 Å². The predicted octanol–water partition coefficient (Wildman–Crippen LogP) is 2.39. The molecule has 1 atom stereocenters. The number of amides is 1. The Morgan fingerprint density at radius 2 is 1.97 bits per heavy atom. The molecule has 1 aliphatic heterocycles. The number of hydrogen-bond acceptors (Lipinski definition) is 7. The standard InChI is InChI=1S/C15H16F3NO2.C7H11N5/c1-2-14(20)19-8-7-13(9-19)21-10-11-3-5-12(6-4-11)15(16,17)18;8-6(4-12-10)5-1-2-7(9)11-3-5/h2-6,13H,1,7-10H2;1-4,12H,8,10H2,(H2,9,11)/b;6-4-. The van der Waals surface area contributed by atoms with Crippen molar-refractivity contribution in [2.45, 2.75) is 25.3 Å². The zero-order valence-electron chi connectivity index (χ0n) is 17.9. The molecule has 178 valence electrons. The quantitative estimate of drug-likeness (QED) is 0.293. The van der Waals surface area contributed by atoms with E-state index >= 15 is 0 Å². The van der Waals surface area contributed by atoms with Crippen LogP contribution in [0.3, 0.4) is 0 Å². The molecule has 2 aromatic rings. The Morgan fingerprint density at radius 1 is 1.27 bits per heavy atom. The van der Waals surface area contributed by atoms with Crippen molar-refractivity contribution in [3.05, 3.63) is 78.1 Å². The predicted molar refractivity (Wildman–Crippen MR) is 120 cm³/mol. The van der Waals surface area contributed by atoms with Crippen molar-refractivity contribution in [3.8, 4) is 0 Å². The summed E-state index contributed by atoms with van der Waals surface area (Å²) in [5.74, 6) is 5.38. The first-order valence-corrected chi connectivity index (χ1v) is 9.96. The molecule has 0 radical (unpaired) electrons. The van der Waals surface area contributed by atoms with E-state index in [9.17, 15) is 18.0 Å². The Labute approximate surface area is 189 Å². The molecule has 0 saturated carbocycles. The molecule has 1 saturated heterocycles. The second kappa shape index (κ2) is 11.9. The number of rotatable bonds is 6. The second-order valence-corrected chi connectivity index (χ2v) is 7.14. The number of alkyl halides is 3. The number of nitrogens with zero attached hydrogens (tertiary/aromatic N) is 2. The van der Waals surface area contributed by atoms with Crippen LogP contribution >= 0.6 is 0 Å². The number of likely N-dealkylation sites (tertiary alicyclic amines) is 1. The summed E-state index contributed by atoms with van der Waals surface area (Å²) in [5.41, 5.74) is 14.6. The van der Waals surface area contributed by atoms with Gasteiger partial charge >= 0.3 is 6.18 Å². The van der Waals surface area contributed by atoms with Gasteiger partial charge in [-0.15, -0.1) is 0 Å². The number of pyridine rings is 1. The van der Waals surface area contributed by atoms with Gasteiger partial charge in [0.05, 0.1) is 24.0 Å². The van der Waals surface area contributed by atoms with E-state index in [1.54, 1.807) is 23.2 Å². The third kappa shape index (κ3) is 8.13. The minimum Gasteiger partial charge on any atom is -0.397 e. The molecular weight excluding hydrogens is 437 g/mol. The molecule has 0 bridgehead atoms. The van der Waals surface area contributed by atoms with Gasteiger partial charge in [-0.2, -0.15) is 13.2 Å². The Kier molecular flexibility index (Phi) is 9.25. The van der Waals surface area contributed by atoms with Crippen LogP contribution < -0.4 is 22.7 Å². The summed E-state index contributed by atoms with van der Waals surface area (Å²) in [6, 6.07) is 8.34. The first kappa shape index (κ1) is 25.7. The smallest absolute Gasteiger partial charge is 0.397 e. The number of carbonyl (C=O) groups excluding carboxylic acids is 1. The number of nitrogens with two attached hydrogens (primary N) is 3. The normalized spacial score (nSPS) is 16.1. The maximum absolute atomic E-state index is 12.4. The number of carbonyl (C=O) groups is 1. The van der Waals surface area contributed by atoms with Crippen molar-refractivity contribution in [2.24, 2.45) is 11.6 Å². The molecule has 1 fully saturated rings.